The van der Waals surface area contributed by atoms with Crippen LogP contribution < -0.4 is 15.4 Å². The molecule has 2 rings (SSSR count). The van der Waals surface area contributed by atoms with Gasteiger partial charge in [0.05, 0.1) is 12.3 Å². The molecule has 0 atom stereocenters. The number of methoxy groups -OCH3 is 1. The summed E-state index contributed by atoms with van der Waals surface area (Å²) in [7, 11) is 1.65. The largest absolute Gasteiger partial charge is 0.491 e. The third kappa shape index (κ3) is 6.46. The van der Waals surface area contributed by atoms with E-state index in [4.69, 9.17) is 32.7 Å². The molecule has 2 aromatic rings. The Morgan fingerprint density at radius 1 is 1.12 bits per heavy atom. The van der Waals surface area contributed by atoms with Crippen molar-refractivity contribution in [3.63, 3.8) is 0 Å². The van der Waals surface area contributed by atoms with Gasteiger partial charge in [0.15, 0.2) is 0 Å². The van der Waals surface area contributed by atoms with E-state index in [2.05, 4.69) is 10.6 Å². The van der Waals surface area contributed by atoms with Crippen molar-refractivity contribution in [2.45, 2.75) is 13.0 Å². The Morgan fingerprint density at radius 2 is 1.92 bits per heavy atom. The van der Waals surface area contributed by atoms with E-state index in [9.17, 15) is 4.79 Å². The highest BCUT2D eigenvalue weighted by molar-refractivity contribution is 6.35. The Kier molecular flexibility index (Phi) is 7.85. The summed E-state index contributed by atoms with van der Waals surface area (Å²) < 4.78 is 10.7. The summed E-state index contributed by atoms with van der Waals surface area (Å²) in [6.45, 7) is 1.42. The number of halogens is 2. The molecule has 0 radical (unpaired) electrons. The second-order valence-electron chi connectivity index (χ2n) is 5.23. The maximum Gasteiger partial charge on any atom is 0.319 e. The van der Waals surface area contributed by atoms with Gasteiger partial charge in [-0.15, -0.1) is 0 Å². The lowest BCUT2D eigenvalue weighted by Gasteiger charge is -2.13. The van der Waals surface area contributed by atoms with Crippen LogP contribution in [0.15, 0.2) is 42.5 Å². The predicted octanol–water partition coefficient (Wildman–Crippen LogP) is 4.73. The number of hydrogen-bond acceptors (Lipinski definition) is 3. The van der Waals surface area contributed by atoms with E-state index in [1.54, 1.807) is 37.4 Å². The quantitative estimate of drug-likeness (QED) is 0.648. The molecule has 0 saturated carbocycles. The zero-order valence-corrected chi connectivity index (χ0v) is 15.4. The number of ether oxygens (including phenoxy) is 2. The molecule has 2 N–H and O–H groups in total. The zero-order valence-electron chi connectivity index (χ0n) is 13.9. The normalized spacial score (nSPS) is 10.4. The van der Waals surface area contributed by atoms with E-state index in [0.717, 1.165) is 12.0 Å². The van der Waals surface area contributed by atoms with Gasteiger partial charge in [0.25, 0.3) is 0 Å². The van der Waals surface area contributed by atoms with Gasteiger partial charge in [-0.05, 0) is 29.8 Å². The summed E-state index contributed by atoms with van der Waals surface area (Å²) in [5.74, 6) is 0.610. The molecule has 0 heterocycles. The molecule has 134 valence electrons. The third-order valence-corrected chi connectivity index (χ3v) is 3.93. The van der Waals surface area contributed by atoms with Gasteiger partial charge in [0.2, 0.25) is 0 Å². The Morgan fingerprint density at radius 3 is 2.68 bits per heavy atom. The number of amides is 2. The monoisotopic (exact) mass is 382 g/mol. The minimum atomic E-state index is -0.348. The first-order valence-corrected chi connectivity index (χ1v) is 8.55. The van der Waals surface area contributed by atoms with Crippen LogP contribution in [0.1, 0.15) is 12.0 Å². The van der Waals surface area contributed by atoms with Crippen molar-refractivity contribution >= 4 is 34.9 Å². The van der Waals surface area contributed by atoms with E-state index >= 15 is 0 Å². The second-order valence-corrected chi connectivity index (χ2v) is 6.08. The molecular weight excluding hydrogens is 363 g/mol. The van der Waals surface area contributed by atoms with E-state index in [1.807, 2.05) is 12.1 Å². The highest BCUT2D eigenvalue weighted by Gasteiger charge is 2.08. The lowest BCUT2D eigenvalue weighted by molar-refractivity contribution is 0.172. The van der Waals surface area contributed by atoms with Crippen LogP contribution in [0.25, 0.3) is 0 Å². The molecule has 0 unspecified atom stereocenters. The molecule has 0 aliphatic rings. The number of para-hydroxylation sites is 2. The number of rotatable bonds is 8. The average Bonchev–Trinajstić information content (AvgIpc) is 2.59. The maximum absolute atomic E-state index is 12.1. The van der Waals surface area contributed by atoms with Crippen molar-refractivity contribution in [3.05, 3.63) is 58.1 Å². The molecule has 0 fully saturated rings. The lowest BCUT2D eigenvalue weighted by atomic mass is 10.2. The Bertz CT molecular complexity index is 710. The van der Waals surface area contributed by atoms with E-state index in [0.29, 0.717) is 41.2 Å². The van der Waals surface area contributed by atoms with Crippen LogP contribution >= 0.6 is 23.2 Å². The van der Waals surface area contributed by atoms with Crippen molar-refractivity contribution in [2.24, 2.45) is 0 Å². The van der Waals surface area contributed by atoms with Crippen LogP contribution in [-0.4, -0.2) is 26.4 Å². The third-order valence-electron chi connectivity index (χ3n) is 3.34. The number of anilines is 1. The van der Waals surface area contributed by atoms with Gasteiger partial charge in [-0.1, -0.05) is 41.4 Å². The van der Waals surface area contributed by atoms with Crippen LogP contribution in [0.2, 0.25) is 10.0 Å². The standard InChI is InChI=1S/C18H20Cl2N2O3/c1-24-9-4-10-25-17-6-3-2-5-16(17)22-18(23)21-12-13-7-8-14(19)11-15(13)20/h2-3,5-8,11H,4,9-10,12H2,1H3,(H2,21,22,23). The van der Waals surface area contributed by atoms with Gasteiger partial charge in [0, 0.05) is 36.7 Å². The highest BCUT2D eigenvalue weighted by atomic mass is 35.5. The molecule has 0 aliphatic heterocycles. The Balaban J connectivity index is 1.89. The summed E-state index contributed by atoms with van der Waals surface area (Å²) >= 11 is 12.0. The molecular formula is C18H20Cl2N2O3. The lowest BCUT2D eigenvalue weighted by Crippen LogP contribution is -2.28. The minimum Gasteiger partial charge on any atom is -0.491 e. The van der Waals surface area contributed by atoms with Crippen molar-refractivity contribution in [3.8, 4) is 5.75 Å². The fraction of sp³-hybridized carbons (Fsp3) is 0.278. The van der Waals surface area contributed by atoms with E-state index in [-0.39, 0.29) is 6.03 Å². The van der Waals surface area contributed by atoms with Crippen molar-refractivity contribution in [2.75, 3.05) is 25.6 Å². The number of nitrogens with one attached hydrogen (secondary N) is 2. The number of urea groups is 1. The second kappa shape index (κ2) is 10.1. The number of carbonyl (C=O) groups excluding carboxylic acids is 1. The van der Waals surface area contributed by atoms with Crippen LogP contribution in [0, 0.1) is 0 Å². The molecule has 0 bridgehead atoms. The first-order chi connectivity index (χ1) is 12.1. The summed E-state index contributed by atoms with van der Waals surface area (Å²) in [6, 6.07) is 12.1. The van der Waals surface area contributed by atoms with Crippen molar-refractivity contribution in [1.29, 1.82) is 0 Å². The number of carbonyl (C=O) groups is 1. The van der Waals surface area contributed by atoms with Crippen molar-refractivity contribution < 1.29 is 14.3 Å². The molecule has 0 aliphatic carbocycles. The number of hydrogen-bond donors (Lipinski definition) is 2. The van der Waals surface area contributed by atoms with Gasteiger partial charge in [-0.25, -0.2) is 4.79 Å². The van der Waals surface area contributed by atoms with E-state index < -0.39 is 0 Å². The SMILES string of the molecule is COCCCOc1ccccc1NC(=O)NCc1ccc(Cl)cc1Cl. The zero-order chi connectivity index (χ0) is 18.1. The Labute approximate surface area is 157 Å². The minimum absolute atomic E-state index is 0.290. The smallest absolute Gasteiger partial charge is 0.319 e. The number of benzene rings is 2. The fourth-order valence-corrected chi connectivity index (χ4v) is 2.56. The average molecular weight is 383 g/mol. The van der Waals surface area contributed by atoms with Crippen LogP contribution in [0.4, 0.5) is 10.5 Å². The van der Waals surface area contributed by atoms with Gasteiger partial charge in [-0.3, -0.25) is 0 Å². The molecule has 0 aromatic heterocycles. The molecule has 2 aromatic carbocycles. The fourth-order valence-electron chi connectivity index (χ4n) is 2.09. The van der Waals surface area contributed by atoms with Gasteiger partial charge >= 0.3 is 6.03 Å². The van der Waals surface area contributed by atoms with Crippen molar-refractivity contribution in [1.82, 2.24) is 5.32 Å². The first kappa shape index (κ1) is 19.4. The predicted molar refractivity (Wildman–Crippen MR) is 101 cm³/mol. The first-order valence-electron chi connectivity index (χ1n) is 7.79. The molecule has 0 saturated heterocycles. The summed E-state index contributed by atoms with van der Waals surface area (Å²) in [5, 5.41) is 6.60. The Hall–Kier alpha value is -1.95. The van der Waals surface area contributed by atoms with E-state index in [1.165, 1.54) is 0 Å². The molecule has 0 spiro atoms. The molecule has 25 heavy (non-hydrogen) atoms. The summed E-state index contributed by atoms with van der Waals surface area (Å²) in [4.78, 5) is 12.1. The van der Waals surface area contributed by atoms with Gasteiger partial charge in [0.1, 0.15) is 5.75 Å². The van der Waals surface area contributed by atoms with Crippen LogP contribution in [-0.2, 0) is 11.3 Å². The summed E-state index contributed by atoms with van der Waals surface area (Å²) in [6.07, 6.45) is 0.770. The van der Waals surface area contributed by atoms with Gasteiger partial charge in [-0.2, -0.15) is 0 Å². The van der Waals surface area contributed by atoms with Gasteiger partial charge < -0.3 is 20.1 Å². The maximum atomic E-state index is 12.1. The summed E-state index contributed by atoms with van der Waals surface area (Å²) in [5.41, 5.74) is 1.38. The molecule has 7 heteroatoms. The highest BCUT2D eigenvalue weighted by Crippen LogP contribution is 2.24. The molecule has 5 nitrogen and oxygen atoms in total. The van der Waals surface area contributed by atoms with Crippen LogP contribution in [0.5, 0.6) is 5.75 Å². The van der Waals surface area contributed by atoms with Crippen LogP contribution in [0.3, 0.4) is 0 Å². The molecule has 2 amide bonds. The topological polar surface area (TPSA) is 59.6 Å².